The molecule has 18 heavy (non-hydrogen) atoms. The summed E-state index contributed by atoms with van der Waals surface area (Å²) in [5.74, 6) is 0.842. The summed E-state index contributed by atoms with van der Waals surface area (Å²) in [4.78, 5) is 13.0. The number of hydrogen-bond acceptors (Lipinski definition) is 3. The zero-order chi connectivity index (χ0) is 13.1. The summed E-state index contributed by atoms with van der Waals surface area (Å²) < 4.78 is 5.19. The maximum Gasteiger partial charge on any atom is 0.141 e. The van der Waals surface area contributed by atoms with Crippen molar-refractivity contribution < 1.29 is 9.53 Å². The maximum absolute atomic E-state index is 11.1. The van der Waals surface area contributed by atoms with Crippen molar-refractivity contribution in [2.24, 2.45) is 0 Å². The molecule has 2 aromatic carbocycles. The van der Waals surface area contributed by atoms with Crippen molar-refractivity contribution in [1.82, 2.24) is 4.90 Å². The molecule has 0 heterocycles. The zero-order valence-electron chi connectivity index (χ0n) is 10.9. The van der Waals surface area contributed by atoms with E-state index in [0.29, 0.717) is 0 Å². The van der Waals surface area contributed by atoms with Gasteiger partial charge in [0.2, 0.25) is 0 Å². The Morgan fingerprint density at radius 2 is 1.78 bits per heavy atom. The number of carbonyl (C=O) groups excluding carboxylic acids is 1. The van der Waals surface area contributed by atoms with Gasteiger partial charge in [-0.05, 0) is 48.6 Å². The van der Waals surface area contributed by atoms with Crippen molar-refractivity contribution in [1.29, 1.82) is 0 Å². The van der Waals surface area contributed by atoms with Crippen molar-refractivity contribution in [2.75, 3.05) is 21.2 Å². The highest BCUT2D eigenvalue weighted by Crippen LogP contribution is 2.25. The number of ether oxygens (including phenoxy) is 1. The fraction of sp³-hybridized carbons (Fsp3) is 0.267. The van der Waals surface area contributed by atoms with Gasteiger partial charge in [-0.15, -0.1) is 0 Å². The number of likely N-dealkylation sites (N-methyl/N-ethyl adjacent to an activating group) is 1. The minimum atomic E-state index is -0.198. The van der Waals surface area contributed by atoms with E-state index in [9.17, 15) is 4.79 Å². The molecule has 2 aromatic rings. The van der Waals surface area contributed by atoms with Crippen LogP contribution in [0.2, 0.25) is 0 Å². The summed E-state index contributed by atoms with van der Waals surface area (Å²) in [7, 11) is 5.46. The van der Waals surface area contributed by atoms with Gasteiger partial charge in [-0.1, -0.05) is 18.2 Å². The average molecular weight is 243 g/mol. The third-order valence-electron chi connectivity index (χ3n) is 3.10. The number of hydrogen-bond donors (Lipinski definition) is 0. The lowest BCUT2D eigenvalue weighted by Gasteiger charge is -2.19. The minimum Gasteiger partial charge on any atom is -0.497 e. The summed E-state index contributed by atoms with van der Waals surface area (Å²) >= 11 is 0. The van der Waals surface area contributed by atoms with E-state index in [1.807, 2.05) is 55.4 Å². The molecule has 0 N–H and O–H groups in total. The van der Waals surface area contributed by atoms with Gasteiger partial charge in [0.25, 0.3) is 0 Å². The molecule has 0 radical (unpaired) electrons. The van der Waals surface area contributed by atoms with E-state index in [1.165, 1.54) is 0 Å². The maximum atomic E-state index is 11.1. The molecule has 2 rings (SSSR count). The Balaban J connectivity index is 2.47. The number of aldehydes is 1. The lowest BCUT2D eigenvalue weighted by Crippen LogP contribution is -2.20. The second kappa shape index (κ2) is 5.19. The fourth-order valence-corrected chi connectivity index (χ4v) is 2.05. The van der Waals surface area contributed by atoms with E-state index in [0.717, 1.165) is 28.4 Å². The first-order chi connectivity index (χ1) is 8.65. The molecule has 3 heteroatoms. The van der Waals surface area contributed by atoms with Crippen LogP contribution in [0.5, 0.6) is 5.75 Å². The second-order valence-corrected chi connectivity index (χ2v) is 4.52. The highest BCUT2D eigenvalue weighted by molar-refractivity contribution is 5.85. The monoisotopic (exact) mass is 243 g/mol. The summed E-state index contributed by atoms with van der Waals surface area (Å²) in [5.41, 5.74) is 1.01. The second-order valence-electron chi connectivity index (χ2n) is 4.52. The van der Waals surface area contributed by atoms with Crippen LogP contribution in [0.1, 0.15) is 11.6 Å². The van der Waals surface area contributed by atoms with E-state index in [-0.39, 0.29) is 6.04 Å². The van der Waals surface area contributed by atoms with Crippen LogP contribution in [0.25, 0.3) is 10.8 Å². The van der Waals surface area contributed by atoms with Gasteiger partial charge in [-0.25, -0.2) is 0 Å². The third kappa shape index (κ3) is 2.36. The van der Waals surface area contributed by atoms with Crippen molar-refractivity contribution in [2.45, 2.75) is 6.04 Å². The highest BCUT2D eigenvalue weighted by Gasteiger charge is 2.12. The van der Waals surface area contributed by atoms with Crippen molar-refractivity contribution in [3.63, 3.8) is 0 Å². The van der Waals surface area contributed by atoms with Crippen LogP contribution in [-0.2, 0) is 4.79 Å². The molecule has 0 spiro atoms. The number of carbonyl (C=O) groups is 1. The van der Waals surface area contributed by atoms with Gasteiger partial charge in [0.05, 0.1) is 13.2 Å². The molecular formula is C15H17NO2. The molecule has 0 aromatic heterocycles. The van der Waals surface area contributed by atoms with Gasteiger partial charge in [0.15, 0.2) is 0 Å². The first-order valence-electron chi connectivity index (χ1n) is 5.85. The summed E-state index contributed by atoms with van der Waals surface area (Å²) in [6.45, 7) is 0. The summed E-state index contributed by atoms with van der Waals surface area (Å²) in [5, 5.41) is 2.23. The van der Waals surface area contributed by atoms with Gasteiger partial charge in [0, 0.05) is 0 Å². The van der Waals surface area contributed by atoms with Gasteiger partial charge in [0.1, 0.15) is 12.0 Å². The quantitative estimate of drug-likeness (QED) is 0.773. The van der Waals surface area contributed by atoms with Crippen LogP contribution in [0, 0.1) is 0 Å². The summed E-state index contributed by atoms with van der Waals surface area (Å²) in [6, 6.07) is 11.8. The van der Waals surface area contributed by atoms with Gasteiger partial charge < -0.3 is 9.53 Å². The smallest absolute Gasteiger partial charge is 0.141 e. The largest absolute Gasteiger partial charge is 0.497 e. The summed E-state index contributed by atoms with van der Waals surface area (Å²) in [6.07, 6.45) is 0.963. The molecule has 0 saturated heterocycles. The normalized spacial score (nSPS) is 12.7. The molecule has 0 bridgehead atoms. The number of methoxy groups -OCH3 is 1. The van der Waals surface area contributed by atoms with Crippen LogP contribution in [-0.4, -0.2) is 32.4 Å². The van der Waals surface area contributed by atoms with Crippen molar-refractivity contribution in [3.8, 4) is 5.75 Å². The fourth-order valence-electron chi connectivity index (χ4n) is 2.05. The number of fused-ring (bicyclic) bond motifs is 1. The number of rotatable bonds is 4. The first-order valence-corrected chi connectivity index (χ1v) is 5.85. The molecule has 0 aliphatic rings. The van der Waals surface area contributed by atoms with Crippen molar-refractivity contribution >= 4 is 17.1 Å². The Morgan fingerprint density at radius 1 is 1.11 bits per heavy atom. The van der Waals surface area contributed by atoms with Crippen LogP contribution in [0.4, 0.5) is 0 Å². The zero-order valence-corrected chi connectivity index (χ0v) is 10.9. The van der Waals surface area contributed by atoms with E-state index in [1.54, 1.807) is 7.11 Å². The minimum absolute atomic E-state index is 0.198. The molecule has 1 unspecified atom stereocenters. The highest BCUT2D eigenvalue weighted by atomic mass is 16.5. The molecule has 0 aliphatic carbocycles. The molecule has 0 amide bonds. The average Bonchev–Trinajstić information content (AvgIpc) is 2.38. The molecule has 0 saturated carbocycles. The topological polar surface area (TPSA) is 29.5 Å². The molecule has 0 fully saturated rings. The Kier molecular flexibility index (Phi) is 3.63. The molecule has 3 nitrogen and oxygen atoms in total. The van der Waals surface area contributed by atoms with Gasteiger partial charge in [-0.3, -0.25) is 4.90 Å². The van der Waals surface area contributed by atoms with E-state index in [4.69, 9.17) is 4.74 Å². The van der Waals surface area contributed by atoms with E-state index < -0.39 is 0 Å². The van der Waals surface area contributed by atoms with Crippen LogP contribution in [0.3, 0.4) is 0 Å². The van der Waals surface area contributed by atoms with Crippen molar-refractivity contribution in [3.05, 3.63) is 42.0 Å². The SMILES string of the molecule is COc1ccc2cc(C(C=O)N(C)C)ccc2c1. The van der Waals surface area contributed by atoms with Gasteiger partial charge >= 0.3 is 0 Å². The van der Waals surface area contributed by atoms with Crippen LogP contribution in [0.15, 0.2) is 36.4 Å². The number of nitrogens with zero attached hydrogens (tertiary/aromatic N) is 1. The number of benzene rings is 2. The lowest BCUT2D eigenvalue weighted by molar-refractivity contribution is -0.111. The Bertz CT molecular complexity index is 563. The van der Waals surface area contributed by atoms with E-state index in [2.05, 4.69) is 0 Å². The van der Waals surface area contributed by atoms with E-state index >= 15 is 0 Å². The molecular weight excluding hydrogens is 226 g/mol. The van der Waals surface area contributed by atoms with Gasteiger partial charge in [-0.2, -0.15) is 0 Å². The van der Waals surface area contributed by atoms with Crippen LogP contribution >= 0.6 is 0 Å². The molecule has 94 valence electrons. The lowest BCUT2D eigenvalue weighted by atomic mass is 10.0. The Hall–Kier alpha value is -1.87. The predicted molar refractivity (Wildman–Crippen MR) is 73.0 cm³/mol. The first kappa shape index (κ1) is 12.6. The molecule has 1 atom stereocenters. The Labute approximate surface area is 107 Å². The predicted octanol–water partition coefficient (Wildman–Crippen LogP) is 2.65. The third-order valence-corrected chi connectivity index (χ3v) is 3.10. The molecule has 0 aliphatic heterocycles. The Morgan fingerprint density at radius 3 is 2.39 bits per heavy atom. The standard InChI is InChI=1S/C15H17NO2/c1-16(2)15(10-17)13-5-4-12-9-14(18-3)7-6-11(12)8-13/h4-10,15H,1-3H3. The van der Waals surface area contributed by atoms with Crippen LogP contribution < -0.4 is 4.74 Å².